The number of aromatic amines is 2. The second-order valence-corrected chi connectivity index (χ2v) is 11.5. The molecule has 10 heteroatoms. The van der Waals surface area contributed by atoms with Crippen LogP contribution in [0.3, 0.4) is 0 Å². The molecule has 2 aliphatic heterocycles. The van der Waals surface area contributed by atoms with Crippen LogP contribution < -0.4 is 10.6 Å². The first-order valence-corrected chi connectivity index (χ1v) is 15.2. The minimum atomic E-state index is -0.880. The number of carbonyl (C=O) groups is 4. The summed E-state index contributed by atoms with van der Waals surface area (Å²) in [5.74, 6) is -1.98. The van der Waals surface area contributed by atoms with Crippen molar-refractivity contribution < 1.29 is 29.4 Å². The van der Waals surface area contributed by atoms with Gasteiger partial charge in [0.2, 0.25) is 0 Å². The van der Waals surface area contributed by atoms with Crippen molar-refractivity contribution in [1.82, 2.24) is 20.6 Å². The van der Waals surface area contributed by atoms with Gasteiger partial charge in [-0.1, -0.05) is 13.8 Å². The highest BCUT2D eigenvalue weighted by Crippen LogP contribution is 2.31. The average molecular weight is 603 g/mol. The van der Waals surface area contributed by atoms with Gasteiger partial charge in [-0.2, -0.15) is 0 Å². The van der Waals surface area contributed by atoms with Crippen LogP contribution in [0.25, 0.3) is 12.2 Å². The number of carboxylic acids is 2. The topological polar surface area (TPSA) is 164 Å². The molecule has 4 heterocycles. The van der Waals surface area contributed by atoms with Gasteiger partial charge in [-0.05, 0) is 112 Å². The second kappa shape index (κ2) is 13.4. The van der Waals surface area contributed by atoms with Gasteiger partial charge in [-0.25, -0.2) is 0 Å². The summed E-state index contributed by atoms with van der Waals surface area (Å²) in [6.45, 7) is 11.5. The van der Waals surface area contributed by atoms with Gasteiger partial charge in [0, 0.05) is 58.2 Å². The number of hydrogen-bond donors (Lipinski definition) is 6. The number of carbonyl (C=O) groups excluding carboxylic acids is 2. The fourth-order valence-corrected chi connectivity index (χ4v) is 6.25. The number of H-pyrrole nitrogens is 2. The van der Waals surface area contributed by atoms with Crippen LogP contribution in [-0.2, 0) is 44.9 Å². The van der Waals surface area contributed by atoms with Crippen LogP contribution in [0.15, 0.2) is 33.7 Å². The summed E-state index contributed by atoms with van der Waals surface area (Å²) in [6.07, 6.45) is 7.07. The second-order valence-electron chi connectivity index (χ2n) is 11.5. The van der Waals surface area contributed by atoms with E-state index in [1.54, 1.807) is 0 Å². The molecule has 0 atom stereocenters. The summed E-state index contributed by atoms with van der Waals surface area (Å²) in [7, 11) is 0. The van der Waals surface area contributed by atoms with Crippen LogP contribution in [0.1, 0.15) is 98.4 Å². The molecule has 44 heavy (non-hydrogen) atoms. The summed E-state index contributed by atoms with van der Waals surface area (Å²) in [4.78, 5) is 54.6. The van der Waals surface area contributed by atoms with Gasteiger partial charge in [0.25, 0.3) is 11.8 Å². The highest BCUT2D eigenvalue weighted by atomic mass is 16.4. The molecule has 2 aliphatic rings. The summed E-state index contributed by atoms with van der Waals surface area (Å²) >= 11 is 0. The fourth-order valence-electron chi connectivity index (χ4n) is 6.25. The number of allylic oxidation sites excluding steroid dienone is 2. The van der Waals surface area contributed by atoms with Crippen molar-refractivity contribution >= 4 is 35.9 Å². The quantitative estimate of drug-likeness (QED) is 0.185. The minimum Gasteiger partial charge on any atom is -0.481 e. The van der Waals surface area contributed by atoms with E-state index in [0.29, 0.717) is 49.7 Å². The van der Waals surface area contributed by atoms with E-state index in [1.807, 2.05) is 53.7 Å². The SMILES string of the molecule is CCC1=C(C)C(=O)N/C1=C\c1[nH]c(CCc2[nH]c(/C=C3/NC(=O)C(C)=C3CC)c(C)c2CCC(=O)O)c(CCC(=O)O)c1C. The maximum Gasteiger partial charge on any atom is 0.303 e. The van der Waals surface area contributed by atoms with Crippen LogP contribution in [0, 0.1) is 13.8 Å². The number of carboxylic acid groups (broad SMARTS) is 2. The van der Waals surface area contributed by atoms with Crippen molar-refractivity contribution in [3.05, 3.63) is 78.7 Å². The molecule has 0 saturated heterocycles. The first-order valence-electron chi connectivity index (χ1n) is 15.2. The monoisotopic (exact) mass is 602 g/mol. The Bertz CT molecular complexity index is 1540. The van der Waals surface area contributed by atoms with Crippen molar-refractivity contribution in [1.29, 1.82) is 0 Å². The van der Waals surface area contributed by atoms with Crippen molar-refractivity contribution in [2.24, 2.45) is 0 Å². The van der Waals surface area contributed by atoms with E-state index in [4.69, 9.17) is 0 Å². The summed E-state index contributed by atoms with van der Waals surface area (Å²) < 4.78 is 0. The Kier molecular flexibility index (Phi) is 9.81. The summed E-state index contributed by atoms with van der Waals surface area (Å²) in [5, 5.41) is 24.7. The van der Waals surface area contributed by atoms with Crippen LogP contribution in [0.2, 0.25) is 0 Å². The smallest absolute Gasteiger partial charge is 0.303 e. The van der Waals surface area contributed by atoms with Gasteiger partial charge in [-0.15, -0.1) is 0 Å². The lowest BCUT2D eigenvalue weighted by atomic mass is 9.98. The van der Waals surface area contributed by atoms with Crippen molar-refractivity contribution in [3.63, 3.8) is 0 Å². The van der Waals surface area contributed by atoms with Gasteiger partial charge in [0.15, 0.2) is 0 Å². The molecule has 0 bridgehead atoms. The average Bonchev–Trinajstić information content (AvgIpc) is 3.62. The molecule has 2 aromatic rings. The molecular formula is C34H42N4O6. The third-order valence-electron chi connectivity index (χ3n) is 8.83. The molecule has 2 amide bonds. The normalized spacial score (nSPS) is 17.0. The molecule has 0 unspecified atom stereocenters. The molecule has 0 radical (unpaired) electrons. The van der Waals surface area contributed by atoms with E-state index >= 15 is 0 Å². The maximum atomic E-state index is 12.3. The molecule has 0 aromatic carbocycles. The minimum absolute atomic E-state index is 0.0146. The molecule has 10 nitrogen and oxygen atoms in total. The van der Waals surface area contributed by atoms with Crippen molar-refractivity contribution in [2.45, 2.75) is 92.9 Å². The maximum absolute atomic E-state index is 12.3. The van der Waals surface area contributed by atoms with E-state index in [1.165, 1.54) is 0 Å². The first kappa shape index (κ1) is 32.3. The van der Waals surface area contributed by atoms with Crippen molar-refractivity contribution in [2.75, 3.05) is 0 Å². The van der Waals surface area contributed by atoms with Gasteiger partial charge >= 0.3 is 11.9 Å². The molecule has 0 saturated carbocycles. The predicted molar refractivity (Wildman–Crippen MR) is 169 cm³/mol. The molecule has 0 aliphatic carbocycles. The largest absolute Gasteiger partial charge is 0.481 e. The number of amides is 2. The van der Waals surface area contributed by atoms with Gasteiger partial charge in [0.05, 0.1) is 0 Å². The number of aromatic nitrogens is 2. The molecule has 4 rings (SSSR count). The number of nitrogens with one attached hydrogen (secondary N) is 4. The Morgan fingerprint density at radius 1 is 0.636 bits per heavy atom. The van der Waals surface area contributed by atoms with Gasteiger partial charge in [0.1, 0.15) is 0 Å². The molecule has 6 N–H and O–H groups in total. The molecule has 234 valence electrons. The Morgan fingerprint density at radius 2 is 1.00 bits per heavy atom. The van der Waals surface area contributed by atoms with Crippen LogP contribution in [-0.4, -0.2) is 43.9 Å². The Morgan fingerprint density at radius 3 is 1.32 bits per heavy atom. The third kappa shape index (κ3) is 6.64. The van der Waals surface area contributed by atoms with Gasteiger partial charge in [-0.3, -0.25) is 19.2 Å². The Hall–Kier alpha value is -4.60. The van der Waals surface area contributed by atoms with E-state index in [-0.39, 0.29) is 24.7 Å². The Labute approximate surface area is 257 Å². The van der Waals surface area contributed by atoms with Crippen LogP contribution in [0.5, 0.6) is 0 Å². The van der Waals surface area contributed by atoms with Gasteiger partial charge < -0.3 is 30.8 Å². The molecule has 0 spiro atoms. The van der Waals surface area contributed by atoms with E-state index in [2.05, 4.69) is 20.6 Å². The van der Waals surface area contributed by atoms with Crippen molar-refractivity contribution in [3.8, 4) is 0 Å². The lowest BCUT2D eigenvalue weighted by Gasteiger charge is -2.07. The first-order chi connectivity index (χ1) is 20.9. The van der Waals surface area contributed by atoms with E-state index < -0.39 is 11.9 Å². The van der Waals surface area contributed by atoms with E-state index in [0.717, 1.165) is 67.6 Å². The van der Waals surface area contributed by atoms with Crippen LogP contribution in [0.4, 0.5) is 0 Å². The number of rotatable bonds is 13. The number of aryl methyl sites for hydroxylation is 2. The molecule has 2 aromatic heterocycles. The summed E-state index contributed by atoms with van der Waals surface area (Å²) in [6, 6.07) is 0. The fraction of sp³-hybridized carbons (Fsp3) is 0.412. The highest BCUT2D eigenvalue weighted by Gasteiger charge is 2.25. The summed E-state index contributed by atoms with van der Waals surface area (Å²) in [5.41, 5.74) is 12.0. The third-order valence-corrected chi connectivity index (χ3v) is 8.83. The highest BCUT2D eigenvalue weighted by molar-refractivity contribution is 6.01. The molecule has 0 fully saturated rings. The zero-order valence-electron chi connectivity index (χ0n) is 26.3. The van der Waals surface area contributed by atoms with E-state index in [9.17, 15) is 29.4 Å². The van der Waals surface area contributed by atoms with Crippen LogP contribution >= 0.6 is 0 Å². The number of hydrogen-bond acceptors (Lipinski definition) is 4. The standard InChI is InChI=1S/C34H42N4O6/c1-7-21-19(5)33(43)37-29(21)15-27-17(3)23(9-13-31(39)40)25(35-27)11-12-26-24(10-14-32(41)42)18(4)28(36-26)16-30-22(8-2)20(6)34(44)38-30/h15-16,35-36H,7-14H2,1-6H3,(H,37,43)(H,38,44)(H,39,40)(H,41,42)/b29-15-,30-16+. The zero-order valence-corrected chi connectivity index (χ0v) is 26.3. The molecular weight excluding hydrogens is 560 g/mol. The lowest BCUT2D eigenvalue weighted by molar-refractivity contribution is -0.138. The Balaban J connectivity index is 1.70. The zero-order chi connectivity index (χ0) is 32.3. The lowest BCUT2D eigenvalue weighted by Crippen LogP contribution is -2.15. The number of aliphatic carboxylic acids is 2. The predicted octanol–water partition coefficient (Wildman–Crippen LogP) is 5.17.